The van der Waals surface area contributed by atoms with Crippen LogP contribution in [0.15, 0.2) is 35.2 Å². The second-order valence-corrected chi connectivity index (χ2v) is 19.3. The highest BCUT2D eigenvalue weighted by Gasteiger charge is 2.77. The molecule has 5 aliphatic carbocycles. The van der Waals surface area contributed by atoms with Crippen molar-refractivity contribution in [1.82, 2.24) is 0 Å². The molecule has 46 heavy (non-hydrogen) atoms. The summed E-state index contributed by atoms with van der Waals surface area (Å²) in [5.41, 5.74) is 0.853. The minimum atomic E-state index is -3.78. The second kappa shape index (κ2) is 12.4. The molecule has 1 saturated heterocycles. The second-order valence-electron chi connectivity index (χ2n) is 17.2. The Hall–Kier alpha value is -0.990. The molecule has 6 fully saturated rings. The average Bonchev–Trinajstić information content (AvgIpc) is 3.55. The van der Waals surface area contributed by atoms with Crippen molar-refractivity contribution in [2.45, 2.75) is 133 Å². The highest BCUT2D eigenvalue weighted by Crippen LogP contribution is 2.82. The standard InChI is InChI=1S/C39H60O6S/c1-25(24-45-35-13-9-10-20-44-35)21-33(40)36(46(41,42)28-11-7-6-8-12-28)26(2)30-14-15-31-29-22-34(43-5)39-23-27(39)16-19-38(39,4)32(29)17-18-37(30,31)3/h6-8,11-12,25-27,29-36,40H,9-10,13-24H2,1-5H3/t25-,26+,27-,29+,30-,31+,32+,33?,34-,35?,36?,37-,38-,39+/m1/s1. The minimum Gasteiger partial charge on any atom is -0.392 e. The number of benzene rings is 1. The van der Waals surface area contributed by atoms with Crippen LogP contribution in [0, 0.1) is 57.7 Å². The van der Waals surface area contributed by atoms with Gasteiger partial charge in [-0.3, -0.25) is 0 Å². The van der Waals surface area contributed by atoms with Gasteiger partial charge in [0, 0.05) is 19.1 Å². The maximum Gasteiger partial charge on any atom is 0.184 e. The quantitative estimate of drug-likeness (QED) is 0.263. The van der Waals surface area contributed by atoms with E-state index in [2.05, 4.69) is 27.7 Å². The maximum atomic E-state index is 14.5. The SMILES string of the molecule is CO[C@@H]1C[C@H]2[C@@H]3CC[C@H]([C@H](C)C(C(O)C[C@@H](C)COC4CCCCO4)S(=O)(=O)c4ccccc4)[C@@]3(C)CC[C@@H]2[C@@]2(C)CC[C@@H]3C[C@]312. The summed E-state index contributed by atoms with van der Waals surface area (Å²) in [6.07, 6.45) is 12.5. The Bertz CT molecular complexity index is 1330. The Morgan fingerprint density at radius 1 is 1.00 bits per heavy atom. The molecular weight excluding hydrogens is 596 g/mol. The van der Waals surface area contributed by atoms with Crippen molar-refractivity contribution >= 4 is 9.84 Å². The van der Waals surface area contributed by atoms with Crippen molar-refractivity contribution in [1.29, 1.82) is 0 Å². The summed E-state index contributed by atoms with van der Waals surface area (Å²) < 4.78 is 47.2. The molecule has 1 N–H and O–H groups in total. The Morgan fingerprint density at radius 2 is 1.78 bits per heavy atom. The predicted molar refractivity (Wildman–Crippen MR) is 180 cm³/mol. The average molecular weight is 657 g/mol. The summed E-state index contributed by atoms with van der Waals surface area (Å²) in [5, 5.41) is 11.1. The summed E-state index contributed by atoms with van der Waals surface area (Å²) in [6.45, 7) is 10.5. The lowest BCUT2D eigenvalue weighted by atomic mass is 9.45. The first-order chi connectivity index (χ1) is 22.0. The molecule has 258 valence electrons. The van der Waals surface area contributed by atoms with Crippen molar-refractivity contribution in [3.8, 4) is 0 Å². The fraction of sp³-hybridized carbons (Fsp3) is 0.846. The van der Waals surface area contributed by atoms with Crippen molar-refractivity contribution in [2.24, 2.45) is 57.7 Å². The molecule has 1 spiro atoms. The number of sulfone groups is 1. The number of aliphatic hydroxyl groups excluding tert-OH is 1. The van der Waals surface area contributed by atoms with E-state index >= 15 is 0 Å². The van der Waals surface area contributed by atoms with Crippen molar-refractivity contribution in [3.63, 3.8) is 0 Å². The lowest BCUT2D eigenvalue weighted by molar-refractivity contribution is -0.169. The molecule has 3 unspecified atom stereocenters. The molecule has 7 heteroatoms. The van der Waals surface area contributed by atoms with Gasteiger partial charge < -0.3 is 19.3 Å². The van der Waals surface area contributed by atoms with Gasteiger partial charge in [-0.1, -0.05) is 45.9 Å². The Morgan fingerprint density at radius 3 is 2.48 bits per heavy atom. The molecule has 1 aliphatic heterocycles. The van der Waals surface area contributed by atoms with Crippen LogP contribution in [0.5, 0.6) is 0 Å². The van der Waals surface area contributed by atoms with Gasteiger partial charge in [0.15, 0.2) is 16.1 Å². The van der Waals surface area contributed by atoms with Gasteiger partial charge in [-0.25, -0.2) is 8.42 Å². The first-order valence-electron chi connectivity index (χ1n) is 18.7. The van der Waals surface area contributed by atoms with E-state index in [4.69, 9.17) is 14.2 Å². The van der Waals surface area contributed by atoms with Crippen LogP contribution in [0.4, 0.5) is 0 Å². The van der Waals surface area contributed by atoms with E-state index in [0.29, 0.717) is 46.7 Å². The number of aliphatic hydroxyl groups is 1. The monoisotopic (exact) mass is 656 g/mol. The highest BCUT2D eigenvalue weighted by molar-refractivity contribution is 7.92. The van der Waals surface area contributed by atoms with Crippen LogP contribution < -0.4 is 0 Å². The molecule has 6 nitrogen and oxygen atoms in total. The Labute approximate surface area is 278 Å². The van der Waals surface area contributed by atoms with Crippen LogP contribution in [0.25, 0.3) is 0 Å². The number of hydrogen-bond donors (Lipinski definition) is 1. The van der Waals surface area contributed by atoms with Crippen LogP contribution in [0.1, 0.15) is 105 Å². The third-order valence-corrected chi connectivity index (χ3v) is 17.6. The summed E-state index contributed by atoms with van der Waals surface area (Å²) in [4.78, 5) is 0.322. The van der Waals surface area contributed by atoms with E-state index in [0.717, 1.165) is 50.5 Å². The fourth-order valence-electron chi connectivity index (χ4n) is 13.0. The zero-order valence-electron chi connectivity index (χ0n) is 29.0. The van der Waals surface area contributed by atoms with E-state index in [9.17, 15) is 13.5 Å². The predicted octanol–water partition coefficient (Wildman–Crippen LogP) is 7.68. The highest BCUT2D eigenvalue weighted by atomic mass is 32.2. The zero-order valence-corrected chi connectivity index (χ0v) is 29.9. The minimum absolute atomic E-state index is 0.0162. The van der Waals surface area contributed by atoms with E-state index in [1.165, 1.54) is 38.5 Å². The molecular formula is C39H60O6S. The van der Waals surface area contributed by atoms with Crippen molar-refractivity contribution in [2.75, 3.05) is 20.3 Å². The fourth-order valence-corrected chi connectivity index (χ4v) is 15.2. The van der Waals surface area contributed by atoms with E-state index in [1.54, 1.807) is 24.3 Å². The van der Waals surface area contributed by atoms with Crippen LogP contribution in [-0.4, -0.2) is 57.6 Å². The smallest absolute Gasteiger partial charge is 0.184 e. The molecule has 0 amide bonds. The molecule has 0 radical (unpaired) electrons. The first kappa shape index (κ1) is 33.5. The molecule has 0 aromatic heterocycles. The molecule has 14 atom stereocenters. The third-order valence-electron chi connectivity index (χ3n) is 15.2. The molecule has 5 saturated carbocycles. The van der Waals surface area contributed by atoms with Crippen LogP contribution >= 0.6 is 0 Å². The van der Waals surface area contributed by atoms with Gasteiger partial charge in [-0.15, -0.1) is 0 Å². The first-order valence-corrected chi connectivity index (χ1v) is 20.2. The summed E-state index contributed by atoms with van der Waals surface area (Å²) in [7, 11) is -1.83. The van der Waals surface area contributed by atoms with Gasteiger partial charge >= 0.3 is 0 Å². The number of hydrogen-bond acceptors (Lipinski definition) is 6. The summed E-state index contributed by atoms with van der Waals surface area (Å²) in [6, 6.07) is 8.86. The summed E-state index contributed by atoms with van der Waals surface area (Å²) in [5.74, 6) is 2.95. The number of methoxy groups -OCH3 is 1. The summed E-state index contributed by atoms with van der Waals surface area (Å²) >= 11 is 0. The van der Waals surface area contributed by atoms with E-state index in [-0.39, 0.29) is 29.5 Å². The molecule has 1 heterocycles. The lowest BCUT2D eigenvalue weighted by Gasteiger charge is -2.61. The normalized spacial score (nSPS) is 44.3. The largest absolute Gasteiger partial charge is 0.392 e. The van der Waals surface area contributed by atoms with Gasteiger partial charge in [-0.2, -0.15) is 0 Å². The number of fused-ring (bicyclic) bond motifs is 4. The van der Waals surface area contributed by atoms with Gasteiger partial charge in [-0.05, 0) is 141 Å². The van der Waals surface area contributed by atoms with Gasteiger partial charge in [0.2, 0.25) is 0 Å². The van der Waals surface area contributed by atoms with Gasteiger partial charge in [0.25, 0.3) is 0 Å². The Kier molecular flexibility index (Phi) is 9.04. The topological polar surface area (TPSA) is 82.1 Å². The van der Waals surface area contributed by atoms with Crippen LogP contribution in [-0.2, 0) is 24.0 Å². The zero-order chi connectivity index (χ0) is 32.5. The van der Waals surface area contributed by atoms with E-state index in [1.807, 2.05) is 13.2 Å². The van der Waals surface area contributed by atoms with E-state index < -0.39 is 21.2 Å². The number of ether oxygens (including phenoxy) is 3. The maximum absolute atomic E-state index is 14.5. The van der Waals surface area contributed by atoms with Crippen molar-refractivity contribution in [3.05, 3.63) is 30.3 Å². The lowest BCUT2D eigenvalue weighted by Crippen LogP contribution is -2.57. The Balaban J connectivity index is 1.13. The number of rotatable bonds is 11. The van der Waals surface area contributed by atoms with Crippen LogP contribution in [0.3, 0.4) is 0 Å². The third kappa shape index (κ3) is 5.18. The van der Waals surface area contributed by atoms with Crippen LogP contribution in [0.2, 0.25) is 0 Å². The molecule has 1 aromatic carbocycles. The molecule has 6 aliphatic rings. The van der Waals surface area contributed by atoms with Crippen molar-refractivity contribution < 1.29 is 27.7 Å². The molecule has 0 bridgehead atoms. The molecule has 1 aromatic rings. The van der Waals surface area contributed by atoms with Gasteiger partial charge in [0.1, 0.15) is 0 Å². The van der Waals surface area contributed by atoms with Gasteiger partial charge in [0.05, 0.1) is 29.0 Å². The molecule has 7 rings (SSSR count).